The van der Waals surface area contributed by atoms with Crippen LogP contribution in [0.2, 0.25) is 0 Å². The monoisotopic (exact) mass is 399 g/mol. The first kappa shape index (κ1) is 23.0. The molecule has 0 heterocycles. The molecule has 0 bridgehead atoms. The van der Waals surface area contributed by atoms with Crippen LogP contribution in [0.3, 0.4) is 0 Å². The zero-order valence-corrected chi connectivity index (χ0v) is 16.9. The lowest BCUT2D eigenvalue weighted by atomic mass is 10.1. The number of ether oxygens (including phenoxy) is 1. The largest absolute Gasteiger partial charge is 0.467 e. The van der Waals surface area contributed by atoms with Gasteiger partial charge < -0.3 is 19.1 Å². The quantitative estimate of drug-likeness (QED) is 0.450. The topological polar surface area (TPSA) is 108 Å². The van der Waals surface area contributed by atoms with E-state index in [1.165, 1.54) is 21.3 Å². The number of hydrogen-bond donors (Lipinski definition) is 1. The Kier molecular flexibility index (Phi) is 9.35. The number of hydrogen-bond acceptors (Lipinski definition) is 7. The fraction of sp³-hybridized carbons (Fsp3) is 0.500. The van der Waals surface area contributed by atoms with Crippen LogP contribution >= 0.6 is 7.60 Å². The van der Waals surface area contributed by atoms with Crippen LogP contribution in [0.5, 0.6) is 0 Å². The Labute approximate surface area is 159 Å². The first-order chi connectivity index (χ1) is 12.8. The van der Waals surface area contributed by atoms with Crippen molar-refractivity contribution in [2.75, 3.05) is 21.3 Å². The molecule has 1 N–H and O–H groups in total. The lowest BCUT2D eigenvalue weighted by Crippen LogP contribution is -2.41. The number of Topliss-reactive ketones (excluding diaryl/α,β-unsaturated/α-hetero) is 1. The molecule has 1 amide bonds. The molecule has 0 aliphatic rings. The van der Waals surface area contributed by atoms with Crippen molar-refractivity contribution in [3.63, 3.8) is 0 Å². The van der Waals surface area contributed by atoms with Gasteiger partial charge in [0.05, 0.1) is 13.3 Å². The van der Waals surface area contributed by atoms with Gasteiger partial charge in [-0.05, 0) is 24.1 Å². The molecule has 0 unspecified atom stereocenters. The van der Waals surface area contributed by atoms with E-state index in [0.29, 0.717) is 17.5 Å². The number of nitrogens with one attached hydrogen (secondary N) is 1. The smallest absolute Gasteiger partial charge is 0.334 e. The van der Waals surface area contributed by atoms with Gasteiger partial charge in [-0.15, -0.1) is 0 Å². The third-order valence-electron chi connectivity index (χ3n) is 4.05. The van der Waals surface area contributed by atoms with Crippen molar-refractivity contribution in [1.82, 2.24) is 5.32 Å². The van der Waals surface area contributed by atoms with Crippen LogP contribution in [0.15, 0.2) is 24.3 Å². The minimum Gasteiger partial charge on any atom is -0.467 e. The van der Waals surface area contributed by atoms with Crippen LogP contribution < -0.4 is 5.32 Å². The molecule has 1 aromatic carbocycles. The van der Waals surface area contributed by atoms with Crippen LogP contribution in [0.25, 0.3) is 0 Å². The number of ketones is 1. The van der Waals surface area contributed by atoms with Gasteiger partial charge >= 0.3 is 13.6 Å². The molecule has 0 aromatic heterocycles. The molecular weight excluding hydrogens is 373 g/mol. The molecule has 0 radical (unpaired) electrons. The van der Waals surface area contributed by atoms with Gasteiger partial charge in [-0.1, -0.05) is 19.1 Å². The van der Waals surface area contributed by atoms with E-state index in [0.717, 1.165) is 0 Å². The summed E-state index contributed by atoms with van der Waals surface area (Å²) >= 11 is 0. The molecule has 9 heteroatoms. The molecule has 0 aliphatic carbocycles. The highest BCUT2D eigenvalue weighted by molar-refractivity contribution is 7.52. The second-order valence-electron chi connectivity index (χ2n) is 5.81. The van der Waals surface area contributed by atoms with Crippen molar-refractivity contribution in [1.29, 1.82) is 0 Å². The summed E-state index contributed by atoms with van der Waals surface area (Å²) in [7, 11) is 0.643. The Morgan fingerprint density at radius 2 is 1.67 bits per heavy atom. The van der Waals surface area contributed by atoms with Gasteiger partial charge in [-0.2, -0.15) is 0 Å². The number of carbonyl (C=O) groups is 3. The molecule has 0 saturated carbocycles. The van der Waals surface area contributed by atoms with E-state index in [1.54, 1.807) is 31.2 Å². The number of amides is 1. The highest BCUT2D eigenvalue weighted by atomic mass is 31.2. The second kappa shape index (κ2) is 11.0. The predicted molar refractivity (Wildman–Crippen MR) is 99.6 cm³/mol. The molecule has 1 atom stereocenters. The maximum Gasteiger partial charge on any atom is 0.334 e. The number of methoxy groups -OCH3 is 1. The summed E-state index contributed by atoms with van der Waals surface area (Å²) in [4.78, 5) is 35.7. The summed E-state index contributed by atoms with van der Waals surface area (Å²) in [5.74, 6) is -1.07. The zero-order valence-electron chi connectivity index (χ0n) is 16.0. The molecule has 0 aliphatic heterocycles. The van der Waals surface area contributed by atoms with Crippen molar-refractivity contribution < 1.29 is 32.7 Å². The zero-order chi connectivity index (χ0) is 20.4. The molecule has 0 spiro atoms. The van der Waals surface area contributed by atoms with Crippen molar-refractivity contribution in [3.05, 3.63) is 35.4 Å². The van der Waals surface area contributed by atoms with Gasteiger partial charge in [0.1, 0.15) is 11.8 Å². The highest BCUT2D eigenvalue weighted by Gasteiger charge is 2.24. The van der Waals surface area contributed by atoms with Crippen molar-refractivity contribution >= 4 is 25.3 Å². The third kappa shape index (κ3) is 7.25. The molecule has 0 saturated heterocycles. The normalized spacial score (nSPS) is 12.3. The molecular formula is C18H26NO7P. The van der Waals surface area contributed by atoms with E-state index >= 15 is 0 Å². The summed E-state index contributed by atoms with van der Waals surface area (Å²) in [6, 6.07) is 5.46. The average Bonchev–Trinajstić information content (AvgIpc) is 2.70. The lowest BCUT2D eigenvalue weighted by molar-refractivity contribution is -0.143. The van der Waals surface area contributed by atoms with Gasteiger partial charge in [0.25, 0.3) is 5.91 Å². The average molecular weight is 399 g/mol. The first-order valence-corrected chi connectivity index (χ1v) is 10.2. The summed E-state index contributed by atoms with van der Waals surface area (Å²) in [6.45, 7) is 1.74. The molecule has 8 nitrogen and oxygen atoms in total. The second-order valence-corrected chi connectivity index (χ2v) is 8.08. The number of carbonyl (C=O) groups excluding carboxylic acids is 3. The Balaban J connectivity index is 2.80. The van der Waals surface area contributed by atoms with Crippen LogP contribution in [0.1, 0.15) is 42.1 Å². The van der Waals surface area contributed by atoms with E-state index in [9.17, 15) is 18.9 Å². The number of rotatable bonds is 11. The molecule has 150 valence electrons. The summed E-state index contributed by atoms with van der Waals surface area (Å²) in [6.07, 6.45) is 0.800. The van der Waals surface area contributed by atoms with E-state index < -0.39 is 25.5 Å². The molecule has 0 fully saturated rings. The van der Waals surface area contributed by atoms with Crippen LogP contribution in [-0.2, 0) is 34.1 Å². The van der Waals surface area contributed by atoms with Gasteiger partial charge in [-0.25, -0.2) is 4.79 Å². The summed E-state index contributed by atoms with van der Waals surface area (Å²) < 4.78 is 26.6. The fourth-order valence-electron chi connectivity index (χ4n) is 2.30. The maximum absolute atomic E-state index is 12.4. The van der Waals surface area contributed by atoms with Gasteiger partial charge in [0.15, 0.2) is 0 Å². The Morgan fingerprint density at radius 1 is 1.07 bits per heavy atom. The first-order valence-electron chi connectivity index (χ1n) is 8.48. The van der Waals surface area contributed by atoms with Gasteiger partial charge in [0, 0.05) is 32.6 Å². The SMILES string of the molecule is CCC(=O)CC[C@H](NC(=O)c1ccc(CP(=O)(OC)OC)cc1)C(=O)OC. The summed E-state index contributed by atoms with van der Waals surface area (Å²) in [5, 5.41) is 2.58. The fourth-order valence-corrected chi connectivity index (χ4v) is 3.37. The highest BCUT2D eigenvalue weighted by Crippen LogP contribution is 2.49. The molecule has 1 aromatic rings. The number of esters is 1. The standard InChI is InChI=1S/C18H26NO7P/c1-5-15(20)10-11-16(18(22)24-2)19-17(21)14-8-6-13(7-9-14)12-27(23,25-3)26-4/h6-9,16H,5,10-12H2,1-4H3,(H,19,21)/t16-/m0/s1. The Morgan fingerprint density at radius 3 is 2.15 bits per heavy atom. The van der Waals surface area contributed by atoms with E-state index in [-0.39, 0.29) is 24.8 Å². The summed E-state index contributed by atoms with van der Waals surface area (Å²) in [5.41, 5.74) is 0.996. The minimum absolute atomic E-state index is 0.00298. The van der Waals surface area contributed by atoms with Gasteiger partial charge in [-0.3, -0.25) is 14.2 Å². The molecule has 27 heavy (non-hydrogen) atoms. The third-order valence-corrected chi connectivity index (χ3v) is 5.91. The Hall–Kier alpha value is -2.02. The van der Waals surface area contributed by atoms with Crippen molar-refractivity contribution in [2.24, 2.45) is 0 Å². The van der Waals surface area contributed by atoms with Crippen LogP contribution in [0, 0.1) is 0 Å². The van der Waals surface area contributed by atoms with Crippen LogP contribution in [-0.4, -0.2) is 45.0 Å². The Bertz CT molecular complexity index is 694. The van der Waals surface area contributed by atoms with E-state index in [4.69, 9.17) is 9.05 Å². The van der Waals surface area contributed by atoms with Crippen LogP contribution in [0.4, 0.5) is 0 Å². The minimum atomic E-state index is -3.20. The van der Waals surface area contributed by atoms with Gasteiger partial charge in [0.2, 0.25) is 0 Å². The molecule has 1 rings (SSSR count). The van der Waals surface area contributed by atoms with Crippen molar-refractivity contribution in [3.8, 4) is 0 Å². The van der Waals surface area contributed by atoms with E-state index in [2.05, 4.69) is 10.1 Å². The predicted octanol–water partition coefficient (Wildman–Crippen LogP) is 2.70. The maximum atomic E-state index is 12.4. The van der Waals surface area contributed by atoms with Crippen molar-refractivity contribution in [2.45, 2.75) is 38.4 Å². The lowest BCUT2D eigenvalue weighted by Gasteiger charge is -2.16. The number of benzene rings is 1. The van der Waals surface area contributed by atoms with E-state index in [1.807, 2.05) is 0 Å².